The fraction of sp³-hybridized carbons (Fsp3) is 0.0667. The zero-order valence-electron chi connectivity index (χ0n) is 15.2. The normalized spacial score (nSPS) is 18.1. The van der Waals surface area contributed by atoms with Crippen LogP contribution in [0.3, 0.4) is 0 Å². The molecule has 0 aromatic heterocycles. The number of hydrogen-bond acceptors (Lipinski definition) is 3. The monoisotopic (exact) mass is 290 g/mol. The van der Waals surface area contributed by atoms with Crippen LogP contribution in [0.15, 0.2) is 53.4 Å². The predicted molar refractivity (Wildman–Crippen MR) is 77.4 cm³/mol. The van der Waals surface area contributed by atoms with Gasteiger partial charge in [0.1, 0.15) is 12.4 Å². The largest absolute Gasteiger partial charge is 0.288 e. The molecule has 1 aliphatic heterocycles. The molecular formula is C15H12ClN3O. The number of benzene rings is 2. The Morgan fingerprint density at radius 3 is 2.80 bits per heavy atom. The summed E-state index contributed by atoms with van der Waals surface area (Å²) in [6, 6.07) is 2.09. The van der Waals surface area contributed by atoms with E-state index in [1.54, 1.807) is 12.1 Å². The molecule has 100 valence electrons. The van der Waals surface area contributed by atoms with Gasteiger partial charge < -0.3 is 0 Å². The third-order valence-electron chi connectivity index (χ3n) is 2.76. The topological polar surface area (TPSA) is 59.7 Å². The summed E-state index contributed by atoms with van der Waals surface area (Å²) in [5.74, 6) is -0.145. The second kappa shape index (κ2) is 5.07. The molecule has 0 saturated carbocycles. The first-order chi connectivity index (χ1) is 11.7. The van der Waals surface area contributed by atoms with E-state index in [0.717, 1.165) is 0 Å². The molecule has 20 heavy (non-hydrogen) atoms. The van der Waals surface area contributed by atoms with E-state index in [-0.39, 0.29) is 28.9 Å². The molecular weight excluding hydrogens is 274 g/mol. The van der Waals surface area contributed by atoms with E-state index in [1.807, 2.05) is 0 Å². The van der Waals surface area contributed by atoms with Gasteiger partial charge in [-0.3, -0.25) is 10.6 Å². The lowest BCUT2D eigenvalue weighted by Crippen LogP contribution is -2.31. The number of fused-ring (bicyclic) bond motifs is 1. The van der Waals surface area contributed by atoms with Gasteiger partial charge in [-0.1, -0.05) is 41.8 Å². The summed E-state index contributed by atoms with van der Waals surface area (Å²) in [5, 5.41) is 19.8. The van der Waals surface area contributed by atoms with E-state index in [9.17, 15) is 5.21 Å². The summed E-state index contributed by atoms with van der Waals surface area (Å²) in [6.45, 7) is -0.302. The predicted octanol–water partition coefficient (Wildman–Crippen LogP) is 1.80. The molecule has 0 fully saturated rings. The van der Waals surface area contributed by atoms with Crippen molar-refractivity contribution in [1.82, 2.24) is 5.06 Å². The molecule has 3 rings (SSSR count). The van der Waals surface area contributed by atoms with Crippen LogP contribution in [-0.2, 0) is 0 Å². The van der Waals surface area contributed by atoms with Gasteiger partial charge in [0.15, 0.2) is 0 Å². The maximum Gasteiger partial charge on any atom is 0.143 e. The average Bonchev–Trinajstić information content (AvgIpc) is 2.67. The highest BCUT2D eigenvalue weighted by Gasteiger charge is 2.16. The summed E-state index contributed by atoms with van der Waals surface area (Å²) in [6.07, 6.45) is 0. The van der Waals surface area contributed by atoms with Gasteiger partial charge in [-0.25, -0.2) is 10.1 Å². The van der Waals surface area contributed by atoms with Crippen molar-refractivity contribution in [3.63, 3.8) is 0 Å². The smallest absolute Gasteiger partial charge is 0.143 e. The van der Waals surface area contributed by atoms with Crippen LogP contribution in [-0.4, -0.2) is 22.7 Å². The molecule has 2 N–H and O–H groups in total. The van der Waals surface area contributed by atoms with Crippen molar-refractivity contribution in [3.05, 3.63) is 69.6 Å². The van der Waals surface area contributed by atoms with Crippen LogP contribution >= 0.6 is 11.6 Å². The van der Waals surface area contributed by atoms with Gasteiger partial charge in [0.05, 0.1) is 17.9 Å². The summed E-state index contributed by atoms with van der Waals surface area (Å²) in [5.41, 5.74) is -0.220. The van der Waals surface area contributed by atoms with Gasteiger partial charge in [-0.05, 0) is 18.2 Å². The van der Waals surface area contributed by atoms with E-state index in [2.05, 4.69) is 4.99 Å². The van der Waals surface area contributed by atoms with Crippen LogP contribution in [0.25, 0.3) is 5.70 Å². The highest BCUT2D eigenvalue weighted by Crippen LogP contribution is 2.15. The Hall–Kier alpha value is -2.17. The molecule has 0 amide bonds. The number of hydroxylamine groups is 2. The Labute approximate surface area is 127 Å². The third kappa shape index (κ3) is 2.31. The van der Waals surface area contributed by atoms with Gasteiger partial charge >= 0.3 is 0 Å². The van der Waals surface area contributed by atoms with Crippen LogP contribution in [0.2, 0.25) is 5.02 Å². The van der Waals surface area contributed by atoms with Crippen molar-refractivity contribution in [3.8, 4) is 0 Å². The fourth-order valence-corrected chi connectivity index (χ4v) is 2.14. The molecule has 2 aromatic carbocycles. The molecule has 4 nitrogen and oxygen atoms in total. The minimum Gasteiger partial charge on any atom is -0.288 e. The lowest BCUT2D eigenvalue weighted by molar-refractivity contribution is -0.0121. The Balaban J connectivity index is 2.56. The van der Waals surface area contributed by atoms with Crippen LogP contribution in [0.4, 0.5) is 0 Å². The maximum absolute atomic E-state index is 10.4. The van der Waals surface area contributed by atoms with Gasteiger partial charge in [-0.15, -0.1) is 0 Å². The number of hydrogen-bond donors (Lipinski definition) is 2. The fourth-order valence-electron chi connectivity index (χ4n) is 1.97. The number of halogens is 1. The summed E-state index contributed by atoms with van der Waals surface area (Å²) < 4.78 is 39.6. The average molecular weight is 291 g/mol. The first-order valence-electron chi connectivity index (χ1n) is 8.22. The molecule has 0 atom stereocenters. The van der Waals surface area contributed by atoms with Crippen LogP contribution in [0.5, 0.6) is 0 Å². The second-order valence-electron chi connectivity index (χ2n) is 4.13. The van der Waals surface area contributed by atoms with E-state index in [0.29, 0.717) is 15.4 Å². The van der Waals surface area contributed by atoms with E-state index in [4.69, 9.17) is 23.9 Å². The molecule has 0 radical (unpaired) electrons. The summed E-state index contributed by atoms with van der Waals surface area (Å²) >= 11 is 6.03. The molecule has 1 aliphatic rings. The molecule has 5 heteroatoms. The number of nitrogens with one attached hydrogen (secondary N) is 1. The van der Waals surface area contributed by atoms with Crippen LogP contribution in [0, 0.1) is 5.41 Å². The Bertz CT molecular complexity index is 1010. The Morgan fingerprint density at radius 2 is 2.05 bits per heavy atom. The molecule has 2 aromatic rings. The van der Waals surface area contributed by atoms with Crippen molar-refractivity contribution in [2.45, 2.75) is 0 Å². The molecule has 0 spiro atoms. The van der Waals surface area contributed by atoms with Gasteiger partial charge in [0, 0.05) is 15.8 Å². The highest BCUT2D eigenvalue weighted by molar-refractivity contribution is 6.30. The molecule has 0 saturated heterocycles. The molecule has 0 unspecified atom stereocenters. The quantitative estimate of drug-likeness (QED) is 0.841. The number of amidine groups is 1. The zero-order chi connectivity index (χ0) is 18.5. The van der Waals surface area contributed by atoms with Crippen LogP contribution in [0.1, 0.15) is 12.4 Å². The Morgan fingerprint density at radius 1 is 1.30 bits per heavy atom. The number of rotatable bonds is 1. The maximum atomic E-state index is 10.4. The lowest BCUT2D eigenvalue weighted by atomic mass is 10.1. The summed E-state index contributed by atoms with van der Waals surface area (Å²) in [4.78, 5) is 4.08. The number of nitrogens with zero attached hydrogens (tertiary/aromatic N) is 2. The first-order valence-corrected chi connectivity index (χ1v) is 6.10. The van der Waals surface area contributed by atoms with Crippen molar-refractivity contribution >= 4 is 23.1 Å². The molecule has 0 bridgehead atoms. The van der Waals surface area contributed by atoms with Crippen molar-refractivity contribution in [2.24, 2.45) is 4.99 Å². The van der Waals surface area contributed by atoms with Crippen molar-refractivity contribution < 1.29 is 12.1 Å². The molecule has 0 aliphatic carbocycles. The minimum absolute atomic E-state index is 0.0412. The highest BCUT2D eigenvalue weighted by atomic mass is 35.5. The first kappa shape index (κ1) is 8.19. The van der Waals surface area contributed by atoms with Crippen molar-refractivity contribution in [1.29, 1.82) is 5.41 Å². The van der Waals surface area contributed by atoms with Crippen molar-refractivity contribution in [2.75, 3.05) is 6.54 Å². The molecule has 1 heterocycles. The van der Waals surface area contributed by atoms with Gasteiger partial charge in [-0.2, -0.15) is 0 Å². The standard InChI is InChI=1S/C15H12ClN3O/c16-11-6-7-13-12(8-11)15(10-4-2-1-3-5-10)19(20)9-14(17)18-13/h1-8,17,20H,9H2/i1D,2D,3D,4D,5D. The van der Waals surface area contributed by atoms with Crippen LogP contribution < -0.4 is 10.6 Å². The van der Waals surface area contributed by atoms with Gasteiger partial charge in [0.2, 0.25) is 0 Å². The summed E-state index contributed by atoms with van der Waals surface area (Å²) in [7, 11) is 0. The lowest BCUT2D eigenvalue weighted by Gasteiger charge is -2.18. The minimum atomic E-state index is -0.527. The van der Waals surface area contributed by atoms with Gasteiger partial charge in [0.25, 0.3) is 0 Å². The zero-order valence-corrected chi connectivity index (χ0v) is 10.9. The van der Waals surface area contributed by atoms with E-state index in [1.165, 1.54) is 6.07 Å². The van der Waals surface area contributed by atoms with E-state index < -0.39 is 30.2 Å². The third-order valence-corrected chi connectivity index (χ3v) is 3.00. The van der Waals surface area contributed by atoms with E-state index >= 15 is 0 Å². The Kier molecular flexibility index (Phi) is 2.08. The SMILES string of the molecule is [2H]c1c([2H])c([2H])c(C2=c3cc(Cl)ccc3=NC(=N)CN2O)c([2H])c1[2H]. The second-order valence-corrected chi connectivity index (χ2v) is 4.56.